The fourth-order valence-electron chi connectivity index (χ4n) is 1.54. The molecular formula is C13H11BrFNOS. The van der Waals surface area contributed by atoms with Gasteiger partial charge in [-0.25, -0.2) is 4.39 Å². The van der Waals surface area contributed by atoms with E-state index in [2.05, 4.69) is 21.2 Å². The second kappa shape index (κ2) is 5.63. The molecule has 1 aromatic heterocycles. The minimum Gasteiger partial charge on any atom is -0.345 e. The molecule has 0 fully saturated rings. The molecule has 0 aliphatic rings. The monoisotopic (exact) mass is 327 g/mol. The van der Waals surface area contributed by atoms with Crippen molar-refractivity contribution in [1.29, 1.82) is 0 Å². The van der Waals surface area contributed by atoms with E-state index in [1.807, 2.05) is 13.0 Å². The molecule has 2 nitrogen and oxygen atoms in total. The summed E-state index contributed by atoms with van der Waals surface area (Å²) in [5.74, 6) is -0.401. The van der Waals surface area contributed by atoms with Gasteiger partial charge in [0.25, 0.3) is 5.91 Å². The van der Waals surface area contributed by atoms with Crippen molar-refractivity contribution in [2.24, 2.45) is 0 Å². The fourth-order valence-corrected chi connectivity index (χ4v) is 2.83. The highest BCUT2D eigenvalue weighted by molar-refractivity contribution is 9.11. The largest absolute Gasteiger partial charge is 0.345 e. The van der Waals surface area contributed by atoms with E-state index < -0.39 is 0 Å². The normalized spacial score (nSPS) is 12.2. The average Bonchev–Trinajstić information content (AvgIpc) is 2.76. The molecule has 1 amide bonds. The van der Waals surface area contributed by atoms with E-state index >= 15 is 0 Å². The summed E-state index contributed by atoms with van der Waals surface area (Å²) in [6, 6.07) is 9.57. The van der Waals surface area contributed by atoms with E-state index in [0.29, 0.717) is 4.88 Å². The minimum atomic E-state index is -0.278. The van der Waals surface area contributed by atoms with Gasteiger partial charge in [-0.3, -0.25) is 4.79 Å². The Morgan fingerprint density at radius 2 is 1.94 bits per heavy atom. The van der Waals surface area contributed by atoms with Crippen LogP contribution in [0.5, 0.6) is 0 Å². The highest BCUT2D eigenvalue weighted by atomic mass is 79.9. The molecule has 1 atom stereocenters. The number of carbonyl (C=O) groups is 1. The molecule has 94 valence electrons. The number of carbonyl (C=O) groups excluding carboxylic acids is 1. The van der Waals surface area contributed by atoms with Crippen molar-refractivity contribution in [3.05, 3.63) is 56.4 Å². The van der Waals surface area contributed by atoms with Gasteiger partial charge in [0.15, 0.2) is 0 Å². The summed E-state index contributed by atoms with van der Waals surface area (Å²) in [7, 11) is 0. The van der Waals surface area contributed by atoms with Crippen molar-refractivity contribution >= 4 is 33.2 Å². The van der Waals surface area contributed by atoms with Gasteiger partial charge in [0, 0.05) is 0 Å². The molecule has 1 aromatic carbocycles. The summed E-state index contributed by atoms with van der Waals surface area (Å²) in [6.07, 6.45) is 0. The zero-order chi connectivity index (χ0) is 13.1. The van der Waals surface area contributed by atoms with Crippen molar-refractivity contribution in [1.82, 2.24) is 5.32 Å². The lowest BCUT2D eigenvalue weighted by molar-refractivity contribution is 0.0944. The summed E-state index contributed by atoms with van der Waals surface area (Å²) < 4.78 is 13.7. The Kier molecular flexibility index (Phi) is 4.14. The van der Waals surface area contributed by atoms with Crippen LogP contribution in [0.4, 0.5) is 4.39 Å². The summed E-state index contributed by atoms with van der Waals surface area (Å²) >= 11 is 4.70. The topological polar surface area (TPSA) is 29.1 Å². The molecule has 2 aromatic rings. The lowest BCUT2D eigenvalue weighted by atomic mass is 10.1. The number of thiophene rings is 1. The first-order valence-corrected chi connectivity index (χ1v) is 6.99. The second-order valence-corrected chi connectivity index (χ2v) is 6.31. The first kappa shape index (κ1) is 13.2. The van der Waals surface area contributed by atoms with Gasteiger partial charge in [0.2, 0.25) is 0 Å². The number of halogens is 2. The van der Waals surface area contributed by atoms with Gasteiger partial charge in [0.1, 0.15) is 5.82 Å². The molecule has 1 N–H and O–H groups in total. The molecule has 0 saturated heterocycles. The molecule has 5 heteroatoms. The highest BCUT2D eigenvalue weighted by Gasteiger charge is 2.13. The third-order valence-electron chi connectivity index (χ3n) is 2.51. The lowest BCUT2D eigenvalue weighted by Gasteiger charge is -2.13. The van der Waals surface area contributed by atoms with Gasteiger partial charge in [-0.2, -0.15) is 0 Å². The van der Waals surface area contributed by atoms with Crippen molar-refractivity contribution in [2.75, 3.05) is 0 Å². The summed E-state index contributed by atoms with van der Waals surface area (Å²) in [4.78, 5) is 12.6. The zero-order valence-electron chi connectivity index (χ0n) is 9.61. The Balaban J connectivity index is 2.05. The van der Waals surface area contributed by atoms with E-state index in [9.17, 15) is 9.18 Å². The van der Waals surface area contributed by atoms with Gasteiger partial charge in [-0.1, -0.05) is 12.1 Å². The number of hydrogen-bond donors (Lipinski definition) is 1. The van der Waals surface area contributed by atoms with Crippen LogP contribution in [-0.2, 0) is 0 Å². The molecule has 0 bridgehead atoms. The van der Waals surface area contributed by atoms with Crippen molar-refractivity contribution in [3.63, 3.8) is 0 Å². The number of hydrogen-bond acceptors (Lipinski definition) is 2. The molecule has 0 aliphatic carbocycles. The Morgan fingerprint density at radius 3 is 2.50 bits per heavy atom. The number of amides is 1. The van der Waals surface area contributed by atoms with E-state index in [-0.39, 0.29) is 17.8 Å². The van der Waals surface area contributed by atoms with Crippen LogP contribution in [-0.4, -0.2) is 5.91 Å². The van der Waals surface area contributed by atoms with Gasteiger partial charge in [0.05, 0.1) is 14.7 Å². The summed E-state index contributed by atoms with van der Waals surface area (Å²) in [5, 5.41) is 2.87. The van der Waals surface area contributed by atoms with Crippen LogP contribution in [0.15, 0.2) is 40.2 Å². The molecule has 18 heavy (non-hydrogen) atoms. The number of nitrogens with one attached hydrogen (secondary N) is 1. The fraction of sp³-hybridized carbons (Fsp3) is 0.154. The quantitative estimate of drug-likeness (QED) is 0.901. The standard InChI is InChI=1S/C13H11BrFNOS/c1-8(9-2-4-10(15)5-3-9)16-13(17)11-6-7-12(14)18-11/h2-8H,1H3,(H,16,17). The zero-order valence-corrected chi connectivity index (χ0v) is 12.0. The van der Waals surface area contributed by atoms with E-state index in [0.717, 1.165) is 9.35 Å². The highest BCUT2D eigenvalue weighted by Crippen LogP contribution is 2.23. The molecule has 0 saturated carbocycles. The van der Waals surface area contributed by atoms with Crippen LogP contribution in [0.3, 0.4) is 0 Å². The smallest absolute Gasteiger partial charge is 0.261 e. The maximum absolute atomic E-state index is 12.8. The van der Waals surface area contributed by atoms with E-state index in [1.165, 1.54) is 23.5 Å². The SMILES string of the molecule is CC(NC(=O)c1ccc(Br)s1)c1ccc(F)cc1. The van der Waals surface area contributed by atoms with Gasteiger partial charge in [-0.15, -0.1) is 11.3 Å². The molecule has 0 spiro atoms. The Labute approximate surface area is 117 Å². The van der Waals surface area contributed by atoms with Gasteiger partial charge < -0.3 is 5.32 Å². The summed E-state index contributed by atoms with van der Waals surface area (Å²) in [6.45, 7) is 1.87. The van der Waals surface area contributed by atoms with Crippen molar-refractivity contribution < 1.29 is 9.18 Å². The molecule has 2 rings (SSSR count). The number of benzene rings is 1. The minimum absolute atomic E-state index is 0.123. The van der Waals surface area contributed by atoms with Crippen molar-refractivity contribution in [3.8, 4) is 0 Å². The van der Waals surface area contributed by atoms with E-state index in [1.54, 1.807) is 18.2 Å². The van der Waals surface area contributed by atoms with Crippen LogP contribution in [0.2, 0.25) is 0 Å². The Morgan fingerprint density at radius 1 is 1.28 bits per heavy atom. The lowest BCUT2D eigenvalue weighted by Crippen LogP contribution is -2.25. The van der Waals surface area contributed by atoms with Crippen LogP contribution in [0.1, 0.15) is 28.2 Å². The van der Waals surface area contributed by atoms with Gasteiger partial charge >= 0.3 is 0 Å². The predicted molar refractivity (Wildman–Crippen MR) is 74.3 cm³/mol. The van der Waals surface area contributed by atoms with E-state index in [4.69, 9.17) is 0 Å². The van der Waals surface area contributed by atoms with Crippen LogP contribution in [0.25, 0.3) is 0 Å². The van der Waals surface area contributed by atoms with Crippen LogP contribution in [0, 0.1) is 5.82 Å². The molecule has 1 unspecified atom stereocenters. The van der Waals surface area contributed by atoms with Crippen molar-refractivity contribution in [2.45, 2.75) is 13.0 Å². The third-order valence-corrected chi connectivity index (χ3v) is 4.14. The number of rotatable bonds is 3. The average molecular weight is 328 g/mol. The Hall–Kier alpha value is -1.20. The molecule has 0 radical (unpaired) electrons. The first-order valence-electron chi connectivity index (χ1n) is 5.38. The second-order valence-electron chi connectivity index (χ2n) is 3.85. The maximum Gasteiger partial charge on any atom is 0.261 e. The van der Waals surface area contributed by atoms with Gasteiger partial charge in [-0.05, 0) is 52.7 Å². The van der Waals surface area contributed by atoms with Crippen LogP contribution < -0.4 is 5.32 Å². The predicted octanol–water partition coefficient (Wildman–Crippen LogP) is 4.14. The third kappa shape index (κ3) is 3.17. The van der Waals surface area contributed by atoms with Crippen LogP contribution >= 0.6 is 27.3 Å². The first-order chi connectivity index (χ1) is 8.56. The molecule has 1 heterocycles. The summed E-state index contributed by atoms with van der Waals surface area (Å²) in [5.41, 5.74) is 0.875. The Bertz CT molecular complexity index is 552. The molecular weight excluding hydrogens is 317 g/mol. The maximum atomic E-state index is 12.8. The molecule has 0 aliphatic heterocycles.